The number of benzene rings is 3. The fourth-order valence-corrected chi connectivity index (χ4v) is 4.89. The Hall–Kier alpha value is -4.33. The molecule has 37 heavy (non-hydrogen) atoms. The maximum atomic E-state index is 14.7. The van der Waals surface area contributed by atoms with Gasteiger partial charge >= 0.3 is 0 Å². The molecule has 0 radical (unpaired) electrons. The molecule has 0 aliphatic carbocycles. The van der Waals surface area contributed by atoms with Crippen LogP contribution in [0, 0.1) is 5.82 Å². The van der Waals surface area contributed by atoms with Crippen molar-refractivity contribution in [2.45, 2.75) is 25.9 Å². The van der Waals surface area contributed by atoms with Crippen LogP contribution >= 0.6 is 0 Å². The van der Waals surface area contributed by atoms with Crippen molar-refractivity contribution in [3.63, 3.8) is 0 Å². The topological polar surface area (TPSA) is 68.0 Å². The highest BCUT2D eigenvalue weighted by atomic mass is 19.1. The Bertz CT molecular complexity index is 1420. The molecule has 0 bridgehead atoms. The number of amides is 1. The van der Waals surface area contributed by atoms with E-state index in [0.29, 0.717) is 23.1 Å². The number of nitrogens with zero attached hydrogens (tertiary/aromatic N) is 3. The zero-order chi connectivity index (χ0) is 25.2. The van der Waals surface area contributed by atoms with Gasteiger partial charge in [0.2, 0.25) is 12.7 Å². The highest BCUT2D eigenvalue weighted by Crippen LogP contribution is 2.36. The van der Waals surface area contributed by atoms with Gasteiger partial charge in [-0.3, -0.25) is 4.79 Å². The maximum absolute atomic E-state index is 14.7. The number of fused-ring (bicyclic) bond motifs is 1. The van der Waals surface area contributed by atoms with Gasteiger partial charge in [0.25, 0.3) is 5.91 Å². The van der Waals surface area contributed by atoms with Crippen LogP contribution in [0.4, 0.5) is 10.3 Å². The quantitative estimate of drug-likeness (QED) is 0.327. The van der Waals surface area contributed by atoms with Gasteiger partial charge in [-0.25, -0.2) is 4.39 Å². The first-order valence-corrected chi connectivity index (χ1v) is 12.4. The van der Waals surface area contributed by atoms with Crippen LogP contribution in [0.2, 0.25) is 0 Å². The predicted molar refractivity (Wildman–Crippen MR) is 136 cm³/mol. The molecule has 2 aliphatic rings. The first-order chi connectivity index (χ1) is 18.2. The van der Waals surface area contributed by atoms with Gasteiger partial charge in [0.05, 0.1) is 17.7 Å². The molecular weight excluding hydrogens is 473 g/mol. The molecule has 1 saturated heterocycles. The van der Waals surface area contributed by atoms with Gasteiger partial charge in [0, 0.05) is 25.2 Å². The van der Waals surface area contributed by atoms with E-state index in [-0.39, 0.29) is 25.4 Å². The zero-order valence-electron chi connectivity index (χ0n) is 20.2. The number of hydrogen-bond acceptors (Lipinski definition) is 6. The SMILES string of the molecule is O=C(c1ccccc1F)N(Cc1ccc2c(c1)OCO2)Cc1c(-c2ccccc2)noc1N1CCCC1. The van der Waals surface area contributed by atoms with E-state index in [9.17, 15) is 9.18 Å². The minimum absolute atomic E-state index is 0.0173. The van der Waals surface area contributed by atoms with Crippen LogP contribution in [0.25, 0.3) is 11.3 Å². The Morgan fingerprint density at radius 3 is 2.49 bits per heavy atom. The Balaban J connectivity index is 1.41. The van der Waals surface area contributed by atoms with E-state index in [0.717, 1.165) is 42.6 Å². The Morgan fingerprint density at radius 2 is 1.68 bits per heavy atom. The number of rotatable bonds is 7. The number of carbonyl (C=O) groups is 1. The highest BCUT2D eigenvalue weighted by Gasteiger charge is 2.29. The standard InChI is InChI=1S/C29H26FN3O4/c30-24-11-5-4-10-22(24)28(34)33(17-20-12-13-25-26(16-20)36-19-35-25)18-23-27(21-8-2-1-3-9-21)31-37-29(23)32-14-6-7-15-32/h1-5,8-13,16H,6-7,14-15,17-19H2. The van der Waals surface area contributed by atoms with Gasteiger partial charge in [-0.2, -0.15) is 0 Å². The Labute approximate surface area is 214 Å². The number of ether oxygens (including phenoxy) is 2. The number of hydrogen-bond donors (Lipinski definition) is 0. The Morgan fingerprint density at radius 1 is 0.919 bits per heavy atom. The largest absolute Gasteiger partial charge is 0.454 e. The van der Waals surface area contributed by atoms with E-state index in [1.807, 2.05) is 48.5 Å². The van der Waals surface area contributed by atoms with Crippen LogP contribution < -0.4 is 14.4 Å². The van der Waals surface area contributed by atoms with Crippen molar-refractivity contribution in [1.29, 1.82) is 0 Å². The minimum Gasteiger partial charge on any atom is -0.454 e. The summed E-state index contributed by atoms with van der Waals surface area (Å²) in [5.74, 6) is 0.981. The number of halogens is 1. The molecular formula is C29H26FN3O4. The second-order valence-electron chi connectivity index (χ2n) is 9.20. The highest BCUT2D eigenvalue weighted by molar-refractivity contribution is 5.94. The lowest BCUT2D eigenvalue weighted by Crippen LogP contribution is -2.31. The molecule has 0 saturated carbocycles. The molecule has 1 fully saturated rings. The molecule has 3 heterocycles. The summed E-state index contributed by atoms with van der Waals surface area (Å²) in [6.07, 6.45) is 2.13. The summed E-state index contributed by atoms with van der Waals surface area (Å²) in [7, 11) is 0. The summed E-state index contributed by atoms with van der Waals surface area (Å²) < 4.78 is 31.6. The summed E-state index contributed by atoms with van der Waals surface area (Å²) in [6, 6.07) is 21.4. The molecule has 0 spiro atoms. The van der Waals surface area contributed by atoms with Crippen LogP contribution in [-0.2, 0) is 13.1 Å². The molecule has 3 aromatic carbocycles. The van der Waals surface area contributed by atoms with Crippen LogP contribution in [0.5, 0.6) is 11.5 Å². The van der Waals surface area contributed by atoms with Crippen molar-refractivity contribution in [2.24, 2.45) is 0 Å². The number of aromatic nitrogens is 1. The van der Waals surface area contributed by atoms with E-state index < -0.39 is 11.7 Å². The van der Waals surface area contributed by atoms with Gasteiger partial charge in [0.1, 0.15) is 11.5 Å². The van der Waals surface area contributed by atoms with Crippen molar-refractivity contribution >= 4 is 11.8 Å². The smallest absolute Gasteiger partial charge is 0.257 e. The second-order valence-corrected chi connectivity index (χ2v) is 9.20. The average Bonchev–Trinajstić information content (AvgIpc) is 3.69. The van der Waals surface area contributed by atoms with E-state index >= 15 is 0 Å². The third-order valence-corrected chi connectivity index (χ3v) is 6.76. The van der Waals surface area contributed by atoms with Gasteiger partial charge in [-0.15, -0.1) is 0 Å². The van der Waals surface area contributed by atoms with Crippen LogP contribution in [-0.4, -0.2) is 35.8 Å². The fourth-order valence-electron chi connectivity index (χ4n) is 4.89. The molecule has 188 valence electrons. The van der Waals surface area contributed by atoms with Crippen molar-refractivity contribution in [3.05, 3.63) is 95.3 Å². The first-order valence-electron chi connectivity index (χ1n) is 12.4. The molecule has 6 rings (SSSR count). The second kappa shape index (κ2) is 9.97. The summed E-state index contributed by atoms with van der Waals surface area (Å²) in [5, 5.41) is 4.42. The third-order valence-electron chi connectivity index (χ3n) is 6.76. The van der Waals surface area contributed by atoms with Gasteiger partial charge in [-0.05, 0) is 42.7 Å². The molecule has 7 nitrogen and oxygen atoms in total. The van der Waals surface area contributed by atoms with E-state index in [1.54, 1.807) is 17.0 Å². The molecule has 0 N–H and O–H groups in total. The molecule has 4 aromatic rings. The maximum Gasteiger partial charge on any atom is 0.257 e. The lowest BCUT2D eigenvalue weighted by atomic mass is 10.1. The van der Waals surface area contributed by atoms with Crippen LogP contribution in [0.3, 0.4) is 0 Å². The zero-order valence-corrected chi connectivity index (χ0v) is 20.2. The lowest BCUT2D eigenvalue weighted by Gasteiger charge is -2.25. The monoisotopic (exact) mass is 499 g/mol. The van der Waals surface area contributed by atoms with Gasteiger partial charge in [-0.1, -0.05) is 53.7 Å². The van der Waals surface area contributed by atoms with Gasteiger partial charge < -0.3 is 23.8 Å². The predicted octanol–water partition coefficient (Wildman–Crippen LogP) is 5.65. The minimum atomic E-state index is -0.559. The third kappa shape index (κ3) is 4.62. The summed E-state index contributed by atoms with van der Waals surface area (Å²) in [6.45, 7) is 2.32. The summed E-state index contributed by atoms with van der Waals surface area (Å²) in [5.41, 5.74) is 3.24. The van der Waals surface area contributed by atoms with Gasteiger partial charge in [0.15, 0.2) is 11.5 Å². The summed E-state index contributed by atoms with van der Waals surface area (Å²) >= 11 is 0. The molecule has 8 heteroatoms. The Kier molecular flexibility index (Phi) is 6.22. The average molecular weight is 500 g/mol. The van der Waals surface area contributed by atoms with E-state index in [2.05, 4.69) is 10.1 Å². The lowest BCUT2D eigenvalue weighted by molar-refractivity contribution is 0.0725. The molecule has 0 unspecified atom stereocenters. The number of anilines is 1. The fraction of sp³-hybridized carbons (Fsp3) is 0.241. The van der Waals surface area contributed by atoms with E-state index in [1.165, 1.54) is 12.1 Å². The normalized spacial score (nSPS) is 14.2. The van der Waals surface area contributed by atoms with Crippen LogP contribution in [0.1, 0.15) is 34.3 Å². The molecule has 1 amide bonds. The van der Waals surface area contributed by atoms with Crippen molar-refractivity contribution in [2.75, 3.05) is 24.8 Å². The number of carbonyl (C=O) groups excluding carboxylic acids is 1. The molecule has 1 aromatic heterocycles. The van der Waals surface area contributed by atoms with E-state index in [4.69, 9.17) is 14.0 Å². The van der Waals surface area contributed by atoms with Crippen molar-refractivity contribution in [1.82, 2.24) is 10.1 Å². The van der Waals surface area contributed by atoms with Crippen molar-refractivity contribution < 1.29 is 23.2 Å². The molecule has 0 atom stereocenters. The molecule has 2 aliphatic heterocycles. The first kappa shape index (κ1) is 23.1. The van der Waals surface area contributed by atoms with Crippen LogP contribution in [0.15, 0.2) is 77.3 Å². The van der Waals surface area contributed by atoms with Crippen molar-refractivity contribution in [3.8, 4) is 22.8 Å². The summed E-state index contributed by atoms with van der Waals surface area (Å²) in [4.78, 5) is 17.6.